The van der Waals surface area contributed by atoms with Gasteiger partial charge in [-0.1, -0.05) is 30.3 Å². The fraction of sp³-hybridized carbons (Fsp3) is 0.400. The predicted octanol–water partition coefficient (Wildman–Crippen LogP) is 5.27. The number of rotatable bonds is 6. The van der Waals surface area contributed by atoms with Crippen molar-refractivity contribution in [2.45, 2.75) is 67.6 Å². The van der Waals surface area contributed by atoms with Gasteiger partial charge in [-0.05, 0) is 99.3 Å². The number of nitrogens with zero attached hydrogens (tertiary/aromatic N) is 2. The number of hydrogen-bond donors (Lipinski definition) is 2. The number of likely N-dealkylation sites (tertiary alicyclic amines) is 1. The third-order valence-electron chi connectivity index (χ3n) is 8.31. The molecule has 1 aromatic heterocycles. The van der Waals surface area contributed by atoms with Crippen LogP contribution in [0.25, 0.3) is 11.1 Å². The summed E-state index contributed by atoms with van der Waals surface area (Å²) < 4.78 is 25.0. The lowest BCUT2D eigenvalue weighted by Crippen LogP contribution is -2.32. The zero-order valence-corrected chi connectivity index (χ0v) is 21.9. The second-order valence-electron chi connectivity index (χ2n) is 10.8. The fourth-order valence-electron chi connectivity index (χ4n) is 5.91. The van der Waals surface area contributed by atoms with Gasteiger partial charge in [0.15, 0.2) is 9.84 Å². The number of pyridine rings is 1. The Morgan fingerprint density at radius 1 is 0.919 bits per heavy atom. The van der Waals surface area contributed by atoms with Crippen LogP contribution in [-0.4, -0.2) is 48.4 Å². The number of fused-ring (bicyclic) bond motifs is 1. The Morgan fingerprint density at radius 2 is 1.62 bits per heavy atom. The quantitative estimate of drug-likeness (QED) is 0.343. The lowest BCUT2D eigenvalue weighted by molar-refractivity contribution is 0.222. The van der Waals surface area contributed by atoms with Gasteiger partial charge in [0.05, 0.1) is 15.9 Å². The van der Waals surface area contributed by atoms with Crippen molar-refractivity contribution in [2.24, 2.45) is 0 Å². The van der Waals surface area contributed by atoms with Crippen molar-refractivity contribution >= 4 is 21.4 Å². The van der Waals surface area contributed by atoms with Gasteiger partial charge in [-0.15, -0.1) is 0 Å². The third-order valence-corrected chi connectivity index (χ3v) is 10.6. The molecular formula is C30H36N4O2S. The van der Waals surface area contributed by atoms with Gasteiger partial charge in [-0.3, -0.25) is 5.41 Å². The Morgan fingerprint density at radius 3 is 2.32 bits per heavy atom. The van der Waals surface area contributed by atoms with Gasteiger partial charge >= 0.3 is 0 Å². The smallest absolute Gasteiger partial charge is 0.181 e. The van der Waals surface area contributed by atoms with Gasteiger partial charge in [0.25, 0.3) is 0 Å². The van der Waals surface area contributed by atoms with Crippen molar-refractivity contribution in [2.75, 3.05) is 18.8 Å². The molecule has 0 radical (unpaired) electrons. The average Bonchev–Trinajstić information content (AvgIpc) is 3.69. The molecule has 6 rings (SSSR count). The van der Waals surface area contributed by atoms with E-state index in [2.05, 4.69) is 28.1 Å². The van der Waals surface area contributed by atoms with Crippen LogP contribution in [0, 0.1) is 5.41 Å². The summed E-state index contributed by atoms with van der Waals surface area (Å²) in [6.07, 6.45) is 10.6. The van der Waals surface area contributed by atoms with Crippen LogP contribution in [0.1, 0.15) is 62.2 Å². The second kappa shape index (κ2) is 9.69. The van der Waals surface area contributed by atoms with Crippen LogP contribution in [0.5, 0.6) is 0 Å². The van der Waals surface area contributed by atoms with Crippen LogP contribution >= 0.6 is 0 Å². The summed E-state index contributed by atoms with van der Waals surface area (Å²) in [5.74, 6) is 0.298. The zero-order chi connectivity index (χ0) is 25.6. The molecule has 6 nitrogen and oxygen atoms in total. The zero-order valence-electron chi connectivity index (χ0n) is 21.1. The maximum Gasteiger partial charge on any atom is 0.181 e. The Bertz CT molecular complexity index is 1450. The largest absolute Gasteiger partial charge is 0.383 e. The van der Waals surface area contributed by atoms with Crippen molar-refractivity contribution in [1.82, 2.24) is 9.88 Å². The maximum atomic E-state index is 12.5. The fourth-order valence-corrected chi connectivity index (χ4v) is 7.57. The van der Waals surface area contributed by atoms with E-state index in [9.17, 15) is 8.42 Å². The van der Waals surface area contributed by atoms with Crippen molar-refractivity contribution < 1.29 is 9.84 Å². The van der Waals surface area contributed by atoms with E-state index in [4.69, 9.17) is 11.1 Å². The number of nitrogen functional groups attached to an aromatic ring is 1. The van der Waals surface area contributed by atoms with Crippen molar-refractivity contribution in [3.8, 4) is 11.1 Å². The molecule has 0 spiro atoms. The molecule has 1 saturated carbocycles. The number of benzene rings is 2. The summed E-state index contributed by atoms with van der Waals surface area (Å²) in [5, 5.41) is 8.56. The number of aromatic nitrogens is 1. The van der Waals surface area contributed by atoms with Gasteiger partial charge in [-0.25, -0.2) is 13.4 Å². The van der Waals surface area contributed by atoms with Gasteiger partial charge in [0.2, 0.25) is 0 Å². The first-order valence-corrected chi connectivity index (χ1v) is 15.0. The lowest BCUT2D eigenvalue weighted by atomic mass is 9.95. The predicted molar refractivity (Wildman–Crippen MR) is 150 cm³/mol. The lowest BCUT2D eigenvalue weighted by Gasteiger charge is -2.26. The molecule has 1 saturated heterocycles. The van der Waals surface area contributed by atoms with Crippen LogP contribution in [0.4, 0.5) is 5.82 Å². The minimum absolute atomic E-state index is 0. The molecule has 3 N–H and O–H groups in total. The molecule has 2 heterocycles. The van der Waals surface area contributed by atoms with E-state index in [-0.39, 0.29) is 12.4 Å². The van der Waals surface area contributed by atoms with E-state index < -0.39 is 9.84 Å². The summed E-state index contributed by atoms with van der Waals surface area (Å²) in [7, 11) is -3.25. The van der Waals surface area contributed by atoms with Crippen LogP contribution in [-0.2, 0) is 22.7 Å². The molecule has 0 bridgehead atoms. The summed E-state index contributed by atoms with van der Waals surface area (Å²) in [4.78, 5) is 7.43. The maximum absolute atomic E-state index is 12.5. The van der Waals surface area contributed by atoms with E-state index in [0.717, 1.165) is 36.8 Å². The number of hydrogen-bond acceptors (Lipinski definition) is 6. The van der Waals surface area contributed by atoms with Crippen LogP contribution < -0.4 is 5.73 Å². The SMILES string of the molecule is N=C(c1ccc(S(=O)(=O)C2CC2)cc1)c1cc(-c2ccc3c(c2)CC[C@@H](N2CCCC2)CC3)cnc1N.[HH]. The highest BCUT2D eigenvalue weighted by Gasteiger charge is 2.36. The summed E-state index contributed by atoms with van der Waals surface area (Å²) in [6, 6.07) is 15.9. The topological polar surface area (TPSA) is 100 Å². The number of sulfone groups is 1. The van der Waals surface area contributed by atoms with Crippen molar-refractivity contribution in [3.05, 3.63) is 77.0 Å². The van der Waals surface area contributed by atoms with Crippen LogP contribution in [0.2, 0.25) is 0 Å². The molecule has 2 aliphatic carbocycles. The molecule has 2 aromatic carbocycles. The highest BCUT2D eigenvalue weighted by molar-refractivity contribution is 7.92. The van der Waals surface area contributed by atoms with Gasteiger partial charge in [-0.2, -0.15) is 0 Å². The van der Waals surface area contributed by atoms with E-state index >= 15 is 0 Å². The standard InChI is InChI=1S/C30H34N4O2S.H2/c31-29(21-7-11-26(12-8-21)37(35,36)27-13-14-27)28-18-24(19-33-30(28)32)23-4-3-20-5-9-25(10-6-22(20)17-23)34-15-1-2-16-34;/h3-4,7-8,11-12,17-19,25,27,31H,1-2,5-6,9-10,13-16H2,(H2,32,33);1H/t25-;/m0./s1. The Labute approximate surface area is 220 Å². The van der Waals surface area contributed by atoms with Crippen molar-refractivity contribution in [1.29, 1.82) is 5.41 Å². The number of nitrogens with two attached hydrogens (primary N) is 1. The minimum Gasteiger partial charge on any atom is -0.383 e. The highest BCUT2D eigenvalue weighted by Crippen LogP contribution is 2.34. The molecule has 1 aliphatic heterocycles. The Kier molecular flexibility index (Phi) is 6.37. The molecule has 1 atom stereocenters. The van der Waals surface area contributed by atoms with Crippen molar-refractivity contribution in [3.63, 3.8) is 0 Å². The number of anilines is 1. The molecule has 2 fully saturated rings. The van der Waals surface area contributed by atoms with E-state index in [0.29, 0.717) is 27.9 Å². The highest BCUT2D eigenvalue weighted by atomic mass is 32.2. The normalized spacial score (nSPS) is 20.4. The van der Waals surface area contributed by atoms with E-state index in [1.165, 1.54) is 49.9 Å². The summed E-state index contributed by atoms with van der Waals surface area (Å²) >= 11 is 0. The van der Waals surface area contributed by atoms with Gasteiger partial charge < -0.3 is 10.6 Å². The molecule has 0 amide bonds. The molecular weight excluding hydrogens is 480 g/mol. The minimum atomic E-state index is -3.25. The Balaban J connectivity index is 0.00000294. The summed E-state index contributed by atoms with van der Waals surface area (Å²) in [5.41, 5.74) is 12.5. The summed E-state index contributed by atoms with van der Waals surface area (Å²) in [6.45, 7) is 2.49. The third kappa shape index (κ3) is 4.82. The monoisotopic (exact) mass is 516 g/mol. The first kappa shape index (κ1) is 24.3. The van der Waals surface area contributed by atoms with Crippen LogP contribution in [0.3, 0.4) is 0 Å². The molecule has 7 heteroatoms. The molecule has 3 aliphatic rings. The molecule has 194 valence electrons. The first-order chi connectivity index (χ1) is 17.9. The molecule has 0 unspecified atom stereocenters. The second-order valence-corrected chi connectivity index (χ2v) is 13.0. The Hall–Kier alpha value is -3.03. The van der Waals surface area contributed by atoms with E-state index in [1.54, 1.807) is 30.5 Å². The van der Waals surface area contributed by atoms with E-state index in [1.807, 2.05) is 6.07 Å². The van der Waals surface area contributed by atoms with Gasteiger partial charge in [0, 0.05) is 30.4 Å². The molecule has 37 heavy (non-hydrogen) atoms. The first-order valence-electron chi connectivity index (χ1n) is 13.4. The number of nitrogens with one attached hydrogen (secondary N) is 1. The average molecular weight is 517 g/mol. The van der Waals surface area contributed by atoms with Crippen LogP contribution in [0.15, 0.2) is 59.6 Å². The molecule has 3 aromatic rings. The number of aryl methyl sites for hydroxylation is 2. The van der Waals surface area contributed by atoms with Gasteiger partial charge in [0.1, 0.15) is 5.82 Å².